The van der Waals surface area contributed by atoms with Crippen molar-refractivity contribution in [3.8, 4) is 0 Å². The minimum Gasteiger partial charge on any atom is -0.478 e. The molecule has 0 atom stereocenters. The molecule has 0 aliphatic heterocycles. The zero-order valence-corrected chi connectivity index (χ0v) is 12.9. The minimum absolute atomic E-state index is 0.00319. The number of nitrogens with one attached hydrogen (secondary N) is 1. The maximum atomic E-state index is 12.4. The van der Waals surface area contributed by atoms with Gasteiger partial charge in [-0.25, -0.2) is 17.9 Å². The Morgan fingerprint density at radius 1 is 1.43 bits per heavy atom. The summed E-state index contributed by atoms with van der Waals surface area (Å²) in [6.07, 6.45) is 1.96. The van der Waals surface area contributed by atoms with Crippen LogP contribution in [0.1, 0.15) is 37.0 Å². The molecule has 0 bridgehead atoms. The molecule has 1 saturated carbocycles. The van der Waals surface area contributed by atoms with Crippen molar-refractivity contribution >= 4 is 21.7 Å². The summed E-state index contributed by atoms with van der Waals surface area (Å²) in [7, 11) is -3.90. The first-order valence-corrected chi connectivity index (χ1v) is 8.29. The highest BCUT2D eigenvalue weighted by atomic mass is 32.2. The van der Waals surface area contributed by atoms with E-state index in [0.717, 1.165) is 12.8 Å². The van der Waals surface area contributed by atoms with Crippen LogP contribution in [0.2, 0.25) is 0 Å². The zero-order chi connectivity index (χ0) is 15.8. The van der Waals surface area contributed by atoms with Crippen molar-refractivity contribution < 1.29 is 18.3 Å². The van der Waals surface area contributed by atoms with Gasteiger partial charge in [0, 0.05) is 12.2 Å². The lowest BCUT2D eigenvalue weighted by Gasteiger charge is -2.20. The molecule has 6 nitrogen and oxygen atoms in total. The number of anilines is 1. The Morgan fingerprint density at radius 2 is 2.05 bits per heavy atom. The van der Waals surface area contributed by atoms with E-state index in [1.54, 1.807) is 0 Å². The molecule has 1 aromatic rings. The maximum Gasteiger partial charge on any atom is 0.337 e. The third kappa shape index (κ3) is 3.19. The number of hydrogen-bond donors (Lipinski definition) is 3. The predicted molar refractivity (Wildman–Crippen MR) is 79.5 cm³/mol. The Bertz CT molecular complexity index is 664. The Hall–Kier alpha value is -1.60. The first kappa shape index (κ1) is 15.8. The van der Waals surface area contributed by atoms with Crippen LogP contribution in [0.4, 0.5) is 5.69 Å². The van der Waals surface area contributed by atoms with E-state index in [1.165, 1.54) is 18.2 Å². The second kappa shape index (κ2) is 5.31. The third-order valence-electron chi connectivity index (χ3n) is 4.26. The SMILES string of the molecule is CC(C)C1(CNS(=O)(=O)c2cc(N)ccc2C(=O)O)CC1. The number of aromatic carboxylic acids is 1. The maximum absolute atomic E-state index is 12.4. The number of hydrogen-bond acceptors (Lipinski definition) is 4. The molecule has 4 N–H and O–H groups in total. The molecule has 0 radical (unpaired) electrons. The van der Waals surface area contributed by atoms with Crippen LogP contribution in [0.5, 0.6) is 0 Å². The van der Waals surface area contributed by atoms with E-state index in [2.05, 4.69) is 18.6 Å². The quantitative estimate of drug-likeness (QED) is 0.692. The molecule has 1 aromatic carbocycles. The van der Waals surface area contributed by atoms with Crippen LogP contribution in [-0.4, -0.2) is 26.0 Å². The van der Waals surface area contributed by atoms with Gasteiger partial charge in [-0.15, -0.1) is 0 Å². The Labute approximate surface area is 124 Å². The first-order chi connectivity index (χ1) is 9.68. The van der Waals surface area contributed by atoms with Crippen molar-refractivity contribution in [2.24, 2.45) is 11.3 Å². The fourth-order valence-corrected chi connectivity index (χ4v) is 3.74. The summed E-state index contributed by atoms with van der Waals surface area (Å²) in [6, 6.07) is 3.77. The van der Waals surface area contributed by atoms with Crippen molar-refractivity contribution in [3.63, 3.8) is 0 Å². The fourth-order valence-electron chi connectivity index (χ4n) is 2.37. The molecular weight excluding hydrogens is 292 g/mol. The van der Waals surface area contributed by atoms with E-state index < -0.39 is 16.0 Å². The zero-order valence-electron chi connectivity index (χ0n) is 12.1. The van der Waals surface area contributed by atoms with Crippen LogP contribution in [0.15, 0.2) is 23.1 Å². The molecule has 2 rings (SSSR count). The summed E-state index contributed by atoms with van der Waals surface area (Å²) in [6.45, 7) is 4.44. The van der Waals surface area contributed by atoms with Gasteiger partial charge in [-0.2, -0.15) is 0 Å². The summed E-state index contributed by atoms with van der Waals surface area (Å²) in [4.78, 5) is 10.9. The third-order valence-corrected chi connectivity index (χ3v) is 5.70. The monoisotopic (exact) mass is 312 g/mol. The van der Waals surface area contributed by atoms with Crippen molar-refractivity contribution in [1.29, 1.82) is 0 Å². The highest BCUT2D eigenvalue weighted by molar-refractivity contribution is 7.89. The molecule has 116 valence electrons. The van der Waals surface area contributed by atoms with Gasteiger partial charge in [0.15, 0.2) is 0 Å². The molecule has 7 heteroatoms. The second-order valence-electron chi connectivity index (χ2n) is 5.90. The van der Waals surface area contributed by atoms with E-state index in [0.29, 0.717) is 12.5 Å². The number of sulfonamides is 1. The van der Waals surface area contributed by atoms with Crippen LogP contribution < -0.4 is 10.5 Å². The summed E-state index contributed by atoms with van der Waals surface area (Å²) in [5.41, 5.74) is 5.52. The number of benzene rings is 1. The molecule has 0 amide bonds. The van der Waals surface area contributed by atoms with Gasteiger partial charge in [-0.3, -0.25) is 0 Å². The van der Waals surface area contributed by atoms with Crippen molar-refractivity contribution in [3.05, 3.63) is 23.8 Å². The molecule has 0 spiro atoms. The van der Waals surface area contributed by atoms with Crippen LogP contribution >= 0.6 is 0 Å². The lowest BCUT2D eigenvalue weighted by molar-refractivity contribution is 0.0692. The number of carboxylic acid groups (broad SMARTS) is 1. The lowest BCUT2D eigenvalue weighted by atomic mass is 9.93. The Kier molecular flexibility index (Phi) is 3.99. The Morgan fingerprint density at radius 3 is 2.52 bits per heavy atom. The average molecular weight is 312 g/mol. The molecule has 0 heterocycles. The number of rotatable bonds is 6. The van der Waals surface area contributed by atoms with Crippen LogP contribution in [-0.2, 0) is 10.0 Å². The highest BCUT2D eigenvalue weighted by Crippen LogP contribution is 2.51. The van der Waals surface area contributed by atoms with Crippen LogP contribution in [0.25, 0.3) is 0 Å². The van der Waals surface area contributed by atoms with E-state index in [1.807, 2.05) is 0 Å². The van der Waals surface area contributed by atoms with Crippen molar-refractivity contribution in [2.45, 2.75) is 31.6 Å². The van der Waals surface area contributed by atoms with Gasteiger partial charge in [-0.1, -0.05) is 13.8 Å². The molecule has 1 aliphatic carbocycles. The van der Waals surface area contributed by atoms with E-state index in [-0.39, 0.29) is 21.6 Å². The number of carboxylic acids is 1. The van der Waals surface area contributed by atoms with Gasteiger partial charge < -0.3 is 10.8 Å². The van der Waals surface area contributed by atoms with Gasteiger partial charge in [0.1, 0.15) is 0 Å². The van der Waals surface area contributed by atoms with E-state index in [9.17, 15) is 13.2 Å². The average Bonchev–Trinajstić information content (AvgIpc) is 3.17. The van der Waals surface area contributed by atoms with E-state index in [4.69, 9.17) is 10.8 Å². The molecule has 0 aromatic heterocycles. The minimum atomic E-state index is -3.90. The van der Waals surface area contributed by atoms with E-state index >= 15 is 0 Å². The van der Waals surface area contributed by atoms with Gasteiger partial charge in [-0.05, 0) is 42.4 Å². The van der Waals surface area contributed by atoms with Gasteiger partial charge in [0.25, 0.3) is 0 Å². The lowest BCUT2D eigenvalue weighted by Crippen LogP contribution is -2.33. The standard InChI is InChI=1S/C14H20N2O4S/c1-9(2)14(5-6-14)8-16-21(19,20)12-7-10(15)3-4-11(12)13(17)18/h3-4,7,9,16H,5-6,8,15H2,1-2H3,(H,17,18). The summed E-state index contributed by atoms with van der Waals surface area (Å²) < 4.78 is 27.3. The van der Waals surface area contributed by atoms with Gasteiger partial charge >= 0.3 is 5.97 Å². The summed E-state index contributed by atoms with van der Waals surface area (Å²) >= 11 is 0. The molecular formula is C14H20N2O4S. The molecule has 1 fully saturated rings. The second-order valence-corrected chi connectivity index (χ2v) is 7.64. The van der Waals surface area contributed by atoms with Crippen molar-refractivity contribution in [1.82, 2.24) is 4.72 Å². The Balaban J connectivity index is 2.28. The number of carbonyl (C=O) groups is 1. The first-order valence-electron chi connectivity index (χ1n) is 6.80. The van der Waals surface area contributed by atoms with Gasteiger partial charge in [0.2, 0.25) is 10.0 Å². The summed E-state index contributed by atoms with van der Waals surface area (Å²) in [5.74, 6) is -0.916. The smallest absolute Gasteiger partial charge is 0.337 e. The molecule has 21 heavy (non-hydrogen) atoms. The largest absolute Gasteiger partial charge is 0.478 e. The topological polar surface area (TPSA) is 109 Å². The van der Waals surface area contributed by atoms with Crippen molar-refractivity contribution in [2.75, 3.05) is 12.3 Å². The normalized spacial score (nSPS) is 16.9. The molecule has 1 aliphatic rings. The predicted octanol–water partition coefficient (Wildman–Crippen LogP) is 1.68. The fraction of sp³-hybridized carbons (Fsp3) is 0.500. The van der Waals surface area contributed by atoms with Crippen LogP contribution in [0.3, 0.4) is 0 Å². The number of nitrogen functional groups attached to an aromatic ring is 1. The van der Waals surface area contributed by atoms with Gasteiger partial charge in [0.05, 0.1) is 10.5 Å². The molecule has 0 unspecified atom stereocenters. The van der Waals surface area contributed by atoms with Crippen LogP contribution in [0, 0.1) is 11.3 Å². The highest BCUT2D eigenvalue weighted by Gasteiger charge is 2.45. The summed E-state index contributed by atoms with van der Waals surface area (Å²) in [5, 5.41) is 9.12. The number of nitrogens with two attached hydrogens (primary N) is 1. The molecule has 0 saturated heterocycles.